The van der Waals surface area contributed by atoms with Crippen molar-refractivity contribution in [3.63, 3.8) is 0 Å². The van der Waals surface area contributed by atoms with Gasteiger partial charge in [-0.05, 0) is 109 Å². The van der Waals surface area contributed by atoms with E-state index < -0.39 is 34.9 Å². The number of nitrogens with one attached hydrogen (secondary N) is 1. The van der Waals surface area contributed by atoms with Crippen LogP contribution in [0.3, 0.4) is 0 Å². The second-order valence-electron chi connectivity index (χ2n) is 17.2. The molecule has 3 aromatic rings. The van der Waals surface area contributed by atoms with Crippen LogP contribution in [-0.4, -0.2) is 115 Å². The third kappa shape index (κ3) is 8.35. The number of aryl methyl sites for hydroxylation is 1. The van der Waals surface area contributed by atoms with E-state index in [0.29, 0.717) is 18.3 Å². The van der Waals surface area contributed by atoms with E-state index in [1.807, 2.05) is 23.1 Å². The molecular weight excluding hydrogens is 798 g/mol. The van der Waals surface area contributed by atoms with Crippen molar-refractivity contribution >= 4 is 63.4 Å². The van der Waals surface area contributed by atoms with Crippen LogP contribution in [0.25, 0.3) is 10.9 Å². The second-order valence-corrected chi connectivity index (χ2v) is 17.6. The van der Waals surface area contributed by atoms with Crippen molar-refractivity contribution in [1.29, 1.82) is 5.26 Å². The molecule has 18 heteroatoms. The van der Waals surface area contributed by atoms with E-state index in [2.05, 4.69) is 39.0 Å². The van der Waals surface area contributed by atoms with Crippen molar-refractivity contribution in [3.05, 3.63) is 47.3 Å². The lowest BCUT2D eigenvalue weighted by atomic mass is 9.82. The Balaban J connectivity index is 0.884. The number of thiocarbonyl (C=S) groups is 1. The third-order valence-electron chi connectivity index (χ3n) is 12.7. The average Bonchev–Trinajstić information content (AvgIpc) is 3.61. The van der Waals surface area contributed by atoms with Crippen molar-refractivity contribution < 1.29 is 32.3 Å². The van der Waals surface area contributed by atoms with Gasteiger partial charge >= 0.3 is 12.2 Å². The molecule has 320 valence electrons. The van der Waals surface area contributed by atoms with E-state index >= 15 is 0 Å². The maximum absolute atomic E-state index is 13.7. The third-order valence-corrected chi connectivity index (χ3v) is 13.1. The van der Waals surface area contributed by atoms with Crippen molar-refractivity contribution in [2.75, 3.05) is 42.5 Å². The molecule has 0 radical (unpaired) electrons. The monoisotopic (exact) mass is 848 g/mol. The predicted octanol–water partition coefficient (Wildman–Crippen LogP) is 5.56. The number of urea groups is 1. The number of fused-ring (bicyclic) bond motifs is 1. The van der Waals surface area contributed by atoms with Crippen LogP contribution in [0.4, 0.5) is 29.5 Å². The van der Waals surface area contributed by atoms with Crippen LogP contribution in [0.2, 0.25) is 0 Å². The first-order valence-electron chi connectivity index (χ1n) is 20.6. The fourth-order valence-corrected chi connectivity index (χ4v) is 10.3. The molecule has 4 fully saturated rings. The number of amides is 4. The maximum atomic E-state index is 13.7. The molecule has 14 nitrogen and oxygen atoms in total. The van der Waals surface area contributed by atoms with Gasteiger partial charge in [0, 0.05) is 63.0 Å². The van der Waals surface area contributed by atoms with Crippen LogP contribution >= 0.6 is 12.2 Å². The number of alkyl halides is 3. The zero-order valence-electron chi connectivity index (χ0n) is 34.6. The number of aromatic nitrogens is 3. The summed E-state index contributed by atoms with van der Waals surface area (Å²) in [5.41, 5.74) is -1.49. The number of hydrogen-bond acceptors (Lipinski definition) is 10. The number of carbonyl (C=O) groups is 4. The Kier molecular flexibility index (Phi) is 12.1. The molecule has 3 aliphatic heterocycles. The molecule has 0 bridgehead atoms. The quantitative estimate of drug-likeness (QED) is 0.242. The van der Waals surface area contributed by atoms with Gasteiger partial charge < -0.3 is 9.80 Å². The summed E-state index contributed by atoms with van der Waals surface area (Å²) in [5.74, 6) is 0.344. The summed E-state index contributed by atoms with van der Waals surface area (Å²) in [6.07, 6.45) is 2.33. The molecule has 0 unspecified atom stereocenters. The number of rotatable bonds is 11. The molecule has 2 aromatic heterocycles. The normalized spacial score (nSPS) is 24.4. The average molecular weight is 849 g/mol. The molecule has 1 saturated carbocycles. The summed E-state index contributed by atoms with van der Waals surface area (Å²) >= 11 is 5.75. The van der Waals surface area contributed by atoms with E-state index in [4.69, 9.17) is 12.2 Å². The van der Waals surface area contributed by atoms with E-state index in [1.54, 1.807) is 25.6 Å². The molecule has 4 amide bonds. The topological polar surface area (TPSA) is 151 Å². The second kappa shape index (κ2) is 16.8. The number of anilines is 2. The maximum Gasteiger partial charge on any atom is 0.419 e. The minimum Gasteiger partial charge on any atom is -0.331 e. The summed E-state index contributed by atoms with van der Waals surface area (Å²) in [5, 5.41) is 17.0. The summed E-state index contributed by atoms with van der Waals surface area (Å²) in [7, 11) is 1.80. The zero-order valence-corrected chi connectivity index (χ0v) is 35.4. The summed E-state index contributed by atoms with van der Waals surface area (Å²) in [4.78, 5) is 64.5. The number of piperazine rings is 1. The molecule has 1 N–H and O–H groups in total. The smallest absolute Gasteiger partial charge is 0.331 e. The van der Waals surface area contributed by atoms with Gasteiger partial charge in [0.25, 0.3) is 5.91 Å². The number of ketones is 1. The van der Waals surface area contributed by atoms with Gasteiger partial charge in [0.15, 0.2) is 22.4 Å². The number of Topliss-reactive ketones (excluding diaryl/α,β-unsaturated/α-hetero) is 1. The van der Waals surface area contributed by atoms with E-state index in [-0.39, 0.29) is 60.0 Å². The van der Waals surface area contributed by atoms with Gasteiger partial charge in [-0.1, -0.05) is 12.1 Å². The van der Waals surface area contributed by atoms with Crippen molar-refractivity contribution in [2.45, 2.75) is 109 Å². The number of pyridine rings is 1. The van der Waals surface area contributed by atoms with Gasteiger partial charge in [-0.3, -0.25) is 39.1 Å². The first kappa shape index (κ1) is 43.1. The Labute approximate surface area is 352 Å². The SMILES string of the molecule is C[C@@H]1CN(CCCC2CCC(N3C(=S)N(c4cnc(C#N)c(C(F)(F)F)c4)C(=O)C3(C)C)CC2)C[C@H](C)N1CC(=O)Cc1cccc2c(N3CCC(=O)NC3=O)nn(C)c12. The summed E-state index contributed by atoms with van der Waals surface area (Å²) in [6.45, 7) is 11.1. The first-order chi connectivity index (χ1) is 28.4. The fraction of sp³-hybridized carbons (Fsp3) is 0.571. The largest absolute Gasteiger partial charge is 0.419 e. The van der Waals surface area contributed by atoms with Gasteiger partial charge in [-0.15, -0.1) is 0 Å². The summed E-state index contributed by atoms with van der Waals surface area (Å²) in [6, 6.07) is 7.77. The predicted molar refractivity (Wildman–Crippen MR) is 222 cm³/mol. The Morgan fingerprint density at radius 1 is 1.08 bits per heavy atom. The minimum absolute atomic E-state index is 0.0334. The molecular formula is C42H51F3N10O4S. The van der Waals surface area contributed by atoms with Crippen LogP contribution in [0.1, 0.15) is 89.5 Å². The lowest BCUT2D eigenvalue weighted by Gasteiger charge is -2.44. The number of para-hydroxylation sites is 1. The molecule has 0 spiro atoms. The van der Waals surface area contributed by atoms with Crippen LogP contribution in [0.15, 0.2) is 30.5 Å². The van der Waals surface area contributed by atoms with E-state index in [0.717, 1.165) is 91.8 Å². The van der Waals surface area contributed by atoms with Gasteiger partial charge in [0.1, 0.15) is 11.6 Å². The molecule has 60 heavy (non-hydrogen) atoms. The van der Waals surface area contributed by atoms with Gasteiger partial charge in [-0.25, -0.2) is 9.78 Å². The number of imide groups is 1. The standard InChI is InChI=1S/C42H51F3N10O4S/c1-25-22-51(23-26(2)53(25)24-31(56)18-28-9-6-10-32-36(28)50(5)49-37(32)52-17-15-35(57)48-39(52)59)16-7-8-27-11-13-29(14-12-27)55-40(60)54(38(58)41(55,3)4)30-19-33(42(43,44)45)34(20-46)47-21-30/h6,9-10,19,21,25-27,29H,7-8,11-18,22-24H2,1-5H3,(H,48,57,59)/t25-,26+,27?,29?. The van der Waals surface area contributed by atoms with Crippen LogP contribution < -0.4 is 15.1 Å². The molecule has 3 saturated heterocycles. The summed E-state index contributed by atoms with van der Waals surface area (Å²) < 4.78 is 42.9. The van der Waals surface area contributed by atoms with E-state index in [1.165, 1.54) is 11.0 Å². The van der Waals surface area contributed by atoms with E-state index in [9.17, 15) is 37.6 Å². The number of benzene rings is 1. The van der Waals surface area contributed by atoms with Crippen LogP contribution in [-0.2, 0) is 34.0 Å². The van der Waals surface area contributed by atoms with Crippen molar-refractivity contribution in [3.8, 4) is 6.07 Å². The van der Waals surface area contributed by atoms with Crippen LogP contribution in [0.5, 0.6) is 0 Å². The Morgan fingerprint density at radius 2 is 1.78 bits per heavy atom. The first-order valence-corrected chi connectivity index (χ1v) is 21.0. The number of nitriles is 1. The molecule has 1 aromatic carbocycles. The zero-order chi connectivity index (χ0) is 43.3. The van der Waals surface area contributed by atoms with Gasteiger partial charge in [0.05, 0.1) is 29.5 Å². The molecule has 1 aliphatic carbocycles. The number of carbonyl (C=O) groups excluding carboxylic acids is 4. The lowest BCUT2D eigenvalue weighted by Crippen LogP contribution is -2.58. The lowest BCUT2D eigenvalue weighted by molar-refractivity contribution is -0.138. The molecule has 5 heterocycles. The fourth-order valence-electron chi connectivity index (χ4n) is 9.77. The van der Waals surface area contributed by atoms with Crippen molar-refractivity contribution in [1.82, 2.24) is 34.8 Å². The molecule has 7 rings (SSSR count). The highest BCUT2D eigenvalue weighted by Crippen LogP contribution is 2.41. The Bertz CT molecular complexity index is 2240. The van der Waals surface area contributed by atoms with Crippen LogP contribution in [0, 0.1) is 17.2 Å². The Morgan fingerprint density at radius 3 is 2.43 bits per heavy atom. The van der Waals surface area contributed by atoms with Gasteiger partial charge in [-0.2, -0.15) is 23.5 Å². The van der Waals surface area contributed by atoms with Gasteiger partial charge in [0.2, 0.25) is 5.91 Å². The minimum atomic E-state index is -4.81. The Hall–Kier alpha value is -4.99. The number of nitrogens with zero attached hydrogens (tertiary/aromatic N) is 9. The number of hydrogen-bond donors (Lipinski definition) is 1. The van der Waals surface area contributed by atoms with Crippen molar-refractivity contribution in [2.24, 2.45) is 13.0 Å². The highest BCUT2D eigenvalue weighted by atomic mass is 32.1. The number of halogens is 3. The molecule has 2 atom stereocenters. The highest BCUT2D eigenvalue weighted by molar-refractivity contribution is 7.80. The molecule has 4 aliphatic rings. The highest BCUT2D eigenvalue weighted by Gasteiger charge is 2.53.